The first kappa shape index (κ1) is 43.5. The van der Waals surface area contributed by atoms with E-state index in [0.29, 0.717) is 17.5 Å². The van der Waals surface area contributed by atoms with Crippen LogP contribution in [-0.4, -0.2) is 98.3 Å². The largest absolute Gasteiger partial charge is 0.508 e. The van der Waals surface area contributed by atoms with E-state index in [1.165, 1.54) is 55.3 Å². The van der Waals surface area contributed by atoms with Gasteiger partial charge >= 0.3 is 5.97 Å². The van der Waals surface area contributed by atoms with Crippen LogP contribution in [0.15, 0.2) is 48.5 Å². The third-order valence-electron chi connectivity index (χ3n) is 8.86. The van der Waals surface area contributed by atoms with Crippen molar-refractivity contribution in [3.05, 3.63) is 59.7 Å². The molecule has 0 aliphatic rings. The van der Waals surface area contributed by atoms with Gasteiger partial charge in [0.05, 0.1) is 0 Å². The second kappa shape index (κ2) is 21.6. The number of aromatic hydroxyl groups is 2. The molecule has 0 saturated heterocycles. The molecule has 0 spiro atoms. The zero-order valence-electron chi connectivity index (χ0n) is 30.9. The summed E-state index contributed by atoms with van der Waals surface area (Å²) in [7, 11) is 1.41. The van der Waals surface area contributed by atoms with E-state index in [-0.39, 0.29) is 36.7 Å². The van der Waals surface area contributed by atoms with E-state index in [0.717, 1.165) is 32.1 Å². The van der Waals surface area contributed by atoms with Crippen LogP contribution < -0.4 is 21.7 Å². The average Bonchev–Trinajstić information content (AvgIpc) is 3.10. The van der Waals surface area contributed by atoms with Crippen molar-refractivity contribution in [3.8, 4) is 11.5 Å². The van der Waals surface area contributed by atoms with Crippen LogP contribution >= 0.6 is 0 Å². The molecule has 0 bridgehead atoms. The number of aliphatic carboxylic acids is 1. The molecule has 0 fully saturated rings. The van der Waals surface area contributed by atoms with E-state index in [4.69, 9.17) is 5.73 Å². The fourth-order valence-corrected chi connectivity index (χ4v) is 5.73. The first-order valence-electron chi connectivity index (χ1n) is 17.9. The minimum Gasteiger partial charge on any atom is -0.508 e. The molecule has 2 aromatic carbocycles. The molecule has 0 aliphatic heterocycles. The van der Waals surface area contributed by atoms with Gasteiger partial charge in [-0.3, -0.25) is 19.2 Å². The van der Waals surface area contributed by atoms with Gasteiger partial charge in [0, 0.05) is 25.9 Å². The summed E-state index contributed by atoms with van der Waals surface area (Å²) in [6.45, 7) is 7.25. The van der Waals surface area contributed by atoms with E-state index < -0.39 is 65.9 Å². The molecule has 0 saturated carbocycles. The molecule has 0 heterocycles. The second-order valence-electron chi connectivity index (χ2n) is 13.8. The molecule has 14 heteroatoms. The number of nitrogens with zero attached hydrogens (tertiary/aromatic N) is 1. The molecule has 0 radical (unpaired) electrons. The number of carbonyl (C=O) groups is 5. The Morgan fingerprint density at radius 2 is 1.23 bits per heavy atom. The van der Waals surface area contributed by atoms with Gasteiger partial charge in [0.1, 0.15) is 41.8 Å². The van der Waals surface area contributed by atoms with Crippen molar-refractivity contribution in [2.24, 2.45) is 11.7 Å². The number of phenolic OH excluding ortho intramolecular Hbond substituents is 2. The molecular weight excluding hydrogens is 670 g/mol. The highest BCUT2D eigenvalue weighted by Crippen LogP contribution is 2.17. The molecule has 288 valence electrons. The number of carbonyl (C=O) groups excluding carboxylic acids is 4. The number of aliphatic hydroxyl groups is 1. The monoisotopic (exact) mass is 727 g/mol. The van der Waals surface area contributed by atoms with Crippen LogP contribution in [0.25, 0.3) is 0 Å². The summed E-state index contributed by atoms with van der Waals surface area (Å²) in [5, 5.41) is 47.5. The third-order valence-corrected chi connectivity index (χ3v) is 8.86. The highest BCUT2D eigenvalue weighted by molar-refractivity contribution is 5.95. The van der Waals surface area contributed by atoms with Gasteiger partial charge in [-0.1, -0.05) is 77.1 Å². The van der Waals surface area contributed by atoms with Gasteiger partial charge in [0.15, 0.2) is 0 Å². The molecular formula is C38H57N5O9. The number of nitrogens with two attached hydrogens (primary N) is 1. The Kier molecular flexibility index (Phi) is 18.1. The van der Waals surface area contributed by atoms with Gasteiger partial charge in [-0.15, -0.1) is 0 Å². The van der Waals surface area contributed by atoms with Gasteiger partial charge in [-0.2, -0.15) is 0 Å². The van der Waals surface area contributed by atoms with Crippen molar-refractivity contribution < 1.29 is 44.4 Å². The fourth-order valence-electron chi connectivity index (χ4n) is 5.73. The van der Waals surface area contributed by atoms with Crippen LogP contribution in [0.2, 0.25) is 0 Å². The molecule has 0 aliphatic carbocycles. The summed E-state index contributed by atoms with van der Waals surface area (Å²) >= 11 is 0. The lowest BCUT2D eigenvalue weighted by Gasteiger charge is -2.32. The van der Waals surface area contributed by atoms with E-state index >= 15 is 0 Å². The Balaban J connectivity index is 2.23. The van der Waals surface area contributed by atoms with Gasteiger partial charge < -0.3 is 47.0 Å². The van der Waals surface area contributed by atoms with Crippen LogP contribution in [0.5, 0.6) is 11.5 Å². The Hall–Kier alpha value is -4.69. The molecule has 2 aromatic rings. The number of carboxylic acid groups (broad SMARTS) is 1. The highest BCUT2D eigenvalue weighted by Gasteiger charge is 2.35. The first-order valence-corrected chi connectivity index (χ1v) is 17.9. The van der Waals surface area contributed by atoms with Gasteiger partial charge in [0.25, 0.3) is 5.91 Å². The number of benzene rings is 2. The SMILES string of the molecule is CCCCCCCC(N)C(O)C(=O)N[C@@H](C)C(=O)N(C)[C@@H](CC(C)C)C(=O)N[C@@H](Cc1ccc(O)cc1)C(=O)N[C@@H](Cc1ccc(O)cc1)C(=O)O. The van der Waals surface area contributed by atoms with E-state index in [9.17, 15) is 44.4 Å². The van der Waals surface area contributed by atoms with Crippen molar-refractivity contribution in [2.45, 2.75) is 122 Å². The fraction of sp³-hybridized carbons (Fsp3) is 0.553. The van der Waals surface area contributed by atoms with Crippen molar-refractivity contribution in [1.29, 1.82) is 0 Å². The van der Waals surface area contributed by atoms with Crippen LogP contribution in [-0.2, 0) is 36.8 Å². The van der Waals surface area contributed by atoms with Crippen molar-refractivity contribution >= 4 is 29.6 Å². The summed E-state index contributed by atoms with van der Waals surface area (Å²) in [6, 6.07) is 6.13. The standard InChI is InChI=1S/C38H57N5O9/c1-6-7-8-9-10-11-29(39)33(46)36(49)40-24(4)37(50)43(5)32(20-23(2)3)35(48)41-30(21-25-12-16-27(44)17-13-25)34(47)42-31(38(51)52)22-26-14-18-28(45)19-15-26/h12-19,23-24,29-33,44-46H,6-11,20-22,39H2,1-5H3,(H,40,49)(H,41,48)(H,42,47)(H,51,52)/t24-,29?,30-,31-,32-,33?/m0/s1. The number of aliphatic hydroxyl groups excluding tert-OH is 1. The minimum atomic E-state index is -1.52. The van der Waals surface area contributed by atoms with E-state index in [2.05, 4.69) is 22.9 Å². The predicted molar refractivity (Wildman–Crippen MR) is 196 cm³/mol. The van der Waals surface area contributed by atoms with Crippen LogP contribution in [0.4, 0.5) is 0 Å². The predicted octanol–water partition coefficient (Wildman–Crippen LogP) is 2.36. The number of rotatable bonds is 22. The van der Waals surface area contributed by atoms with E-state index in [1.54, 1.807) is 12.1 Å². The molecule has 52 heavy (non-hydrogen) atoms. The Morgan fingerprint density at radius 3 is 1.73 bits per heavy atom. The summed E-state index contributed by atoms with van der Waals surface area (Å²) in [6.07, 6.45) is 3.86. The smallest absolute Gasteiger partial charge is 0.326 e. The number of unbranched alkanes of at least 4 members (excludes halogenated alkanes) is 4. The zero-order chi connectivity index (χ0) is 39.0. The molecule has 9 N–H and O–H groups in total. The van der Waals surface area contributed by atoms with Crippen molar-refractivity contribution in [3.63, 3.8) is 0 Å². The number of carboxylic acids is 1. The summed E-state index contributed by atoms with van der Waals surface area (Å²) in [5.41, 5.74) is 7.16. The molecule has 2 unspecified atom stereocenters. The lowest BCUT2D eigenvalue weighted by Crippen LogP contribution is -2.59. The van der Waals surface area contributed by atoms with Crippen LogP contribution in [0, 0.1) is 5.92 Å². The highest BCUT2D eigenvalue weighted by atomic mass is 16.4. The average molecular weight is 728 g/mol. The Labute approximate surface area is 306 Å². The lowest BCUT2D eigenvalue weighted by molar-refractivity contribution is -0.144. The topological polar surface area (TPSA) is 232 Å². The normalized spacial score (nSPS) is 14.7. The summed E-state index contributed by atoms with van der Waals surface area (Å²) in [4.78, 5) is 67.3. The second-order valence-corrected chi connectivity index (χ2v) is 13.8. The molecule has 2 rings (SSSR count). The third kappa shape index (κ3) is 14.5. The number of amides is 4. The number of hydrogen-bond acceptors (Lipinski definition) is 9. The molecule has 14 nitrogen and oxygen atoms in total. The zero-order valence-corrected chi connectivity index (χ0v) is 30.9. The maximum absolute atomic E-state index is 13.9. The van der Waals surface area contributed by atoms with Gasteiger partial charge in [-0.05, 0) is 61.1 Å². The van der Waals surface area contributed by atoms with Gasteiger partial charge in [-0.25, -0.2) is 4.79 Å². The summed E-state index contributed by atoms with van der Waals surface area (Å²) < 4.78 is 0. The quantitative estimate of drug-likeness (QED) is 0.0826. The maximum Gasteiger partial charge on any atom is 0.326 e. The number of hydrogen-bond donors (Lipinski definition) is 8. The number of nitrogens with one attached hydrogen (secondary N) is 3. The molecule has 4 amide bonds. The van der Waals surface area contributed by atoms with Crippen LogP contribution in [0.3, 0.4) is 0 Å². The van der Waals surface area contributed by atoms with Gasteiger partial charge in [0.2, 0.25) is 17.7 Å². The number of likely N-dealkylation sites (N-methyl/N-ethyl adjacent to an activating group) is 1. The Morgan fingerprint density at radius 1 is 0.731 bits per heavy atom. The van der Waals surface area contributed by atoms with Crippen molar-refractivity contribution in [1.82, 2.24) is 20.9 Å². The van der Waals surface area contributed by atoms with E-state index in [1.807, 2.05) is 13.8 Å². The van der Waals surface area contributed by atoms with Crippen LogP contribution in [0.1, 0.15) is 83.8 Å². The Bertz CT molecular complexity index is 1450. The molecule has 0 aromatic heterocycles. The number of phenols is 2. The minimum absolute atomic E-state index is 0.00204. The summed E-state index contributed by atoms with van der Waals surface area (Å²) in [5.74, 6) is -4.30. The lowest BCUT2D eigenvalue weighted by atomic mass is 9.99. The van der Waals surface area contributed by atoms with Crippen molar-refractivity contribution in [2.75, 3.05) is 7.05 Å². The molecule has 6 atom stereocenters. The maximum atomic E-state index is 13.9. The first-order chi connectivity index (χ1) is 24.5.